The number of anilines is 1. The second kappa shape index (κ2) is 4.86. The molecule has 0 amide bonds. The molecule has 0 aliphatic rings. The lowest BCUT2D eigenvalue weighted by atomic mass is 10.2. The van der Waals surface area contributed by atoms with Crippen molar-refractivity contribution < 1.29 is 0 Å². The summed E-state index contributed by atoms with van der Waals surface area (Å²) in [7, 11) is 0. The average Bonchev–Trinajstić information content (AvgIpc) is 2.66. The van der Waals surface area contributed by atoms with Crippen LogP contribution in [0, 0.1) is 17.4 Å². The van der Waals surface area contributed by atoms with Gasteiger partial charge in [-0.2, -0.15) is 0 Å². The van der Waals surface area contributed by atoms with E-state index in [1.54, 1.807) is 0 Å². The molecule has 84 valence electrons. The van der Waals surface area contributed by atoms with E-state index >= 15 is 0 Å². The van der Waals surface area contributed by atoms with Crippen molar-refractivity contribution in [2.24, 2.45) is 0 Å². The largest absolute Gasteiger partial charge is 0.379 e. The molecule has 4 heteroatoms. The predicted molar refractivity (Wildman–Crippen MR) is 74.5 cm³/mol. The van der Waals surface area contributed by atoms with Gasteiger partial charge in [0.15, 0.2) is 0 Å². The fourth-order valence-electron chi connectivity index (χ4n) is 1.46. The zero-order valence-corrected chi connectivity index (χ0v) is 11.5. The van der Waals surface area contributed by atoms with Crippen LogP contribution in [0.25, 0.3) is 0 Å². The highest BCUT2D eigenvalue weighted by Crippen LogP contribution is 2.17. The number of nitrogens with one attached hydrogen (secondary N) is 2. The molecule has 0 radical (unpaired) electrons. The molecule has 3 nitrogen and oxygen atoms in total. The van der Waals surface area contributed by atoms with Gasteiger partial charge in [0.25, 0.3) is 0 Å². The van der Waals surface area contributed by atoms with Crippen LogP contribution in [0.3, 0.4) is 0 Å². The normalized spacial score (nSPS) is 10.4. The summed E-state index contributed by atoms with van der Waals surface area (Å²) in [5, 5.41) is 3.37. The van der Waals surface area contributed by atoms with E-state index in [0.717, 1.165) is 23.8 Å². The molecule has 2 N–H and O–H groups in total. The summed E-state index contributed by atoms with van der Waals surface area (Å²) in [6, 6.07) is 6.38. The molecule has 0 fully saturated rings. The standard InChI is InChI=1S/C12H14IN3/c1-8-3-4-10(5-12(8)13)15-7-11-6-14-9(2)16-11/h3-6,15H,7H2,1-2H3,(H,14,16). The highest BCUT2D eigenvalue weighted by Gasteiger charge is 1.99. The number of halogens is 1. The Hall–Kier alpha value is -1.04. The Morgan fingerprint density at radius 2 is 2.19 bits per heavy atom. The van der Waals surface area contributed by atoms with Crippen LogP contribution >= 0.6 is 22.6 Å². The Labute approximate surface area is 109 Å². The number of nitrogens with zero attached hydrogens (tertiary/aromatic N) is 1. The third-order valence-electron chi connectivity index (χ3n) is 2.41. The Morgan fingerprint density at radius 3 is 2.81 bits per heavy atom. The molecule has 0 bridgehead atoms. The van der Waals surface area contributed by atoms with Crippen molar-refractivity contribution in [2.45, 2.75) is 20.4 Å². The summed E-state index contributed by atoms with van der Waals surface area (Å²) in [5.74, 6) is 0.954. The van der Waals surface area contributed by atoms with Crippen LogP contribution in [0.4, 0.5) is 5.69 Å². The molecule has 0 atom stereocenters. The zero-order valence-electron chi connectivity index (χ0n) is 9.34. The zero-order chi connectivity index (χ0) is 11.5. The number of imidazole rings is 1. The third kappa shape index (κ3) is 2.75. The third-order valence-corrected chi connectivity index (χ3v) is 3.57. The van der Waals surface area contributed by atoms with Gasteiger partial charge in [-0.3, -0.25) is 0 Å². The molecule has 0 spiro atoms. The van der Waals surface area contributed by atoms with E-state index in [1.807, 2.05) is 13.1 Å². The van der Waals surface area contributed by atoms with Crippen molar-refractivity contribution in [3.8, 4) is 0 Å². The minimum Gasteiger partial charge on any atom is -0.379 e. The SMILES string of the molecule is Cc1ncc(CNc2ccc(C)c(I)c2)[nH]1. The van der Waals surface area contributed by atoms with Crippen LogP contribution in [-0.2, 0) is 6.54 Å². The second-order valence-corrected chi connectivity index (χ2v) is 4.97. The molecule has 2 rings (SSSR count). The summed E-state index contributed by atoms with van der Waals surface area (Å²) in [6.45, 7) is 4.85. The second-order valence-electron chi connectivity index (χ2n) is 3.81. The minimum atomic E-state index is 0.778. The number of H-pyrrole nitrogens is 1. The van der Waals surface area contributed by atoms with Gasteiger partial charge in [0.05, 0.1) is 18.4 Å². The maximum Gasteiger partial charge on any atom is 0.103 e. The average molecular weight is 327 g/mol. The fraction of sp³-hybridized carbons (Fsp3) is 0.250. The van der Waals surface area contributed by atoms with Gasteiger partial charge in [-0.1, -0.05) is 6.07 Å². The summed E-state index contributed by atoms with van der Waals surface area (Å²) >= 11 is 2.35. The van der Waals surface area contributed by atoms with Crippen LogP contribution in [0.5, 0.6) is 0 Å². The maximum atomic E-state index is 4.16. The molecule has 0 unspecified atom stereocenters. The quantitative estimate of drug-likeness (QED) is 0.850. The van der Waals surface area contributed by atoms with E-state index in [2.05, 4.69) is 63.0 Å². The summed E-state index contributed by atoms with van der Waals surface area (Å²) in [6.07, 6.45) is 1.86. The lowest BCUT2D eigenvalue weighted by molar-refractivity contribution is 1.05. The lowest BCUT2D eigenvalue weighted by Crippen LogP contribution is -2.00. The topological polar surface area (TPSA) is 40.7 Å². The van der Waals surface area contributed by atoms with Crippen molar-refractivity contribution in [3.63, 3.8) is 0 Å². The van der Waals surface area contributed by atoms with Gasteiger partial charge in [-0.15, -0.1) is 0 Å². The van der Waals surface area contributed by atoms with Crippen LogP contribution in [0.1, 0.15) is 17.1 Å². The molecule has 0 saturated carbocycles. The van der Waals surface area contributed by atoms with Crippen molar-refractivity contribution in [1.82, 2.24) is 9.97 Å². The molecular weight excluding hydrogens is 313 g/mol. The number of aryl methyl sites for hydroxylation is 2. The molecule has 16 heavy (non-hydrogen) atoms. The lowest BCUT2D eigenvalue weighted by Gasteiger charge is -2.06. The van der Waals surface area contributed by atoms with Crippen molar-refractivity contribution >= 4 is 28.3 Å². The molecule has 1 aromatic heterocycles. The van der Waals surface area contributed by atoms with Gasteiger partial charge in [0.2, 0.25) is 0 Å². The van der Waals surface area contributed by atoms with Crippen molar-refractivity contribution in [1.29, 1.82) is 0 Å². The van der Waals surface area contributed by atoms with Crippen molar-refractivity contribution in [2.75, 3.05) is 5.32 Å². The first-order chi connectivity index (χ1) is 7.65. The van der Waals surface area contributed by atoms with E-state index < -0.39 is 0 Å². The first-order valence-electron chi connectivity index (χ1n) is 5.15. The van der Waals surface area contributed by atoms with Crippen molar-refractivity contribution in [3.05, 3.63) is 45.0 Å². The first kappa shape index (κ1) is 11.4. The Kier molecular flexibility index (Phi) is 3.48. The Balaban J connectivity index is 2.02. The van der Waals surface area contributed by atoms with E-state index in [-0.39, 0.29) is 0 Å². The number of benzene rings is 1. The number of hydrogen-bond donors (Lipinski definition) is 2. The molecular formula is C12H14IN3. The van der Waals surface area contributed by atoms with Gasteiger partial charge in [-0.05, 0) is 54.1 Å². The highest BCUT2D eigenvalue weighted by molar-refractivity contribution is 14.1. The van der Waals surface area contributed by atoms with Gasteiger partial charge < -0.3 is 10.3 Å². The number of rotatable bonds is 3. The minimum absolute atomic E-state index is 0.778. The summed E-state index contributed by atoms with van der Waals surface area (Å²) in [5.41, 5.74) is 3.55. The van der Waals surface area contributed by atoms with E-state index in [1.165, 1.54) is 9.13 Å². The monoisotopic (exact) mass is 327 g/mol. The van der Waals surface area contributed by atoms with Gasteiger partial charge in [0, 0.05) is 9.26 Å². The van der Waals surface area contributed by atoms with Crippen LogP contribution in [0.15, 0.2) is 24.4 Å². The van der Waals surface area contributed by atoms with Gasteiger partial charge >= 0.3 is 0 Å². The summed E-state index contributed by atoms with van der Waals surface area (Å²) in [4.78, 5) is 7.36. The number of aromatic amines is 1. The predicted octanol–water partition coefficient (Wildman–Crippen LogP) is 3.24. The van der Waals surface area contributed by atoms with E-state index in [4.69, 9.17) is 0 Å². The molecule has 1 aromatic carbocycles. The molecule has 0 aliphatic carbocycles. The number of aromatic nitrogens is 2. The Bertz CT molecular complexity index is 491. The highest BCUT2D eigenvalue weighted by atomic mass is 127. The maximum absolute atomic E-state index is 4.16. The molecule has 0 saturated heterocycles. The smallest absolute Gasteiger partial charge is 0.103 e. The van der Waals surface area contributed by atoms with Crippen LogP contribution in [-0.4, -0.2) is 9.97 Å². The molecule has 1 heterocycles. The number of hydrogen-bond acceptors (Lipinski definition) is 2. The molecule has 0 aliphatic heterocycles. The van der Waals surface area contributed by atoms with Crippen LogP contribution in [0.2, 0.25) is 0 Å². The fourth-order valence-corrected chi connectivity index (χ4v) is 1.98. The Morgan fingerprint density at radius 1 is 1.38 bits per heavy atom. The summed E-state index contributed by atoms with van der Waals surface area (Å²) < 4.78 is 1.28. The van der Waals surface area contributed by atoms with Gasteiger partial charge in [-0.25, -0.2) is 4.98 Å². The van der Waals surface area contributed by atoms with Crippen LogP contribution < -0.4 is 5.32 Å². The van der Waals surface area contributed by atoms with E-state index in [9.17, 15) is 0 Å². The molecule has 2 aromatic rings. The van der Waals surface area contributed by atoms with E-state index in [0.29, 0.717) is 0 Å². The van der Waals surface area contributed by atoms with Gasteiger partial charge in [0.1, 0.15) is 5.82 Å². The first-order valence-corrected chi connectivity index (χ1v) is 6.23.